The zero-order valence-corrected chi connectivity index (χ0v) is 32.9. The fourth-order valence-corrected chi connectivity index (χ4v) is 24.3. The fourth-order valence-electron chi connectivity index (χ4n) is 7.52. The van der Waals surface area contributed by atoms with Gasteiger partial charge in [0.2, 0.25) is 0 Å². The van der Waals surface area contributed by atoms with Crippen molar-refractivity contribution in [1.82, 2.24) is 0 Å². The molecule has 0 spiro atoms. The number of halogens is 2. The predicted octanol–water partition coefficient (Wildman–Crippen LogP) is 10.1. The molecule has 1 aliphatic heterocycles. The Hall–Kier alpha value is -1.70. The first-order valence-electron chi connectivity index (χ1n) is 16.5. The third-order valence-corrected chi connectivity index (χ3v) is 24.1. The van der Waals surface area contributed by atoms with Crippen LogP contribution in [0.15, 0.2) is 78.4 Å². The predicted molar refractivity (Wildman–Crippen MR) is 195 cm³/mol. The fraction of sp³-hybridized carbons (Fsp3) is 0.350. The number of fused-ring (bicyclic) bond motifs is 4. The molecule has 2 aliphatic rings. The van der Waals surface area contributed by atoms with Crippen LogP contribution in [0, 0.1) is 5.92 Å². The SMILES string of the molecule is CC(C)CC1=Cc2c(ccc(C(C)C)c2-c2cc(C(C)C)cc(C(C)C)c2)[CH]1[Zr]([Cl])([Cl])[c]1cccc2c1[SiH2]c1ccccc1-2. The summed E-state index contributed by atoms with van der Waals surface area (Å²) in [7, 11) is 15.3. The van der Waals surface area contributed by atoms with Crippen molar-refractivity contribution in [3.63, 3.8) is 0 Å². The Bertz CT molecular complexity index is 1740. The Morgan fingerprint density at radius 3 is 2.02 bits per heavy atom. The van der Waals surface area contributed by atoms with Crippen LogP contribution in [0.3, 0.4) is 0 Å². The van der Waals surface area contributed by atoms with Crippen molar-refractivity contribution < 1.29 is 17.9 Å². The van der Waals surface area contributed by atoms with E-state index in [1.807, 2.05) is 0 Å². The van der Waals surface area contributed by atoms with Gasteiger partial charge in [0.15, 0.2) is 0 Å². The molecule has 0 bridgehead atoms. The number of allylic oxidation sites excluding steroid dienone is 1. The van der Waals surface area contributed by atoms with Crippen molar-refractivity contribution in [2.24, 2.45) is 5.92 Å². The van der Waals surface area contributed by atoms with Gasteiger partial charge in [0, 0.05) is 0 Å². The van der Waals surface area contributed by atoms with Crippen LogP contribution in [0.1, 0.15) is 111 Å². The Kier molecular flexibility index (Phi) is 9.15. The van der Waals surface area contributed by atoms with E-state index in [4.69, 9.17) is 17.0 Å². The van der Waals surface area contributed by atoms with Gasteiger partial charge in [-0.2, -0.15) is 0 Å². The Morgan fingerprint density at radius 1 is 0.727 bits per heavy atom. The molecular formula is C40H46Cl2SiZr. The molecular weight excluding hydrogens is 671 g/mol. The average molecular weight is 717 g/mol. The van der Waals surface area contributed by atoms with E-state index < -0.39 is 27.4 Å². The summed E-state index contributed by atoms with van der Waals surface area (Å²) in [5, 5.41) is 3.02. The Balaban J connectivity index is 1.58. The molecule has 1 unspecified atom stereocenters. The maximum atomic E-state index is 7.99. The van der Waals surface area contributed by atoms with Crippen LogP contribution in [-0.2, 0) is 17.9 Å². The molecule has 0 aromatic heterocycles. The van der Waals surface area contributed by atoms with Gasteiger partial charge in [0.25, 0.3) is 0 Å². The van der Waals surface area contributed by atoms with Gasteiger partial charge in [-0.25, -0.2) is 0 Å². The van der Waals surface area contributed by atoms with Gasteiger partial charge >= 0.3 is 282 Å². The van der Waals surface area contributed by atoms with Gasteiger partial charge < -0.3 is 0 Å². The van der Waals surface area contributed by atoms with Crippen LogP contribution in [0.4, 0.5) is 0 Å². The minimum atomic E-state index is -4.04. The van der Waals surface area contributed by atoms with Crippen molar-refractivity contribution in [3.05, 3.63) is 106 Å². The minimum absolute atomic E-state index is 0.104. The molecule has 0 amide bonds. The van der Waals surface area contributed by atoms with Crippen LogP contribution in [0.2, 0.25) is 0 Å². The number of benzene rings is 4. The van der Waals surface area contributed by atoms with E-state index in [-0.39, 0.29) is 3.63 Å². The molecule has 1 heterocycles. The average Bonchev–Trinajstić information content (AvgIpc) is 3.54. The molecule has 0 fully saturated rings. The van der Waals surface area contributed by atoms with Crippen LogP contribution in [0.25, 0.3) is 28.3 Å². The van der Waals surface area contributed by atoms with Crippen molar-refractivity contribution in [2.45, 2.75) is 83.2 Å². The standard InChI is InChI=1S/C28H37.C12H9Si.2ClH.Zr/c1-17(2)11-21-12-22-9-10-26(20(7)8)28(27(22)13-21)25-15-23(18(3)4)14-24(16-25)19(5)6;1-3-7-11-9(5-1)10-6-2-4-8-12(10)13-11;;;/h9-10,12-20H,11H2,1-8H3;1-7H,13H2;2*1H;/q;;;;+2/p-2. The van der Waals surface area contributed by atoms with E-state index in [9.17, 15) is 0 Å². The zero-order chi connectivity index (χ0) is 31.5. The van der Waals surface area contributed by atoms with Gasteiger partial charge in [0.1, 0.15) is 0 Å². The first kappa shape index (κ1) is 32.2. The summed E-state index contributed by atoms with van der Waals surface area (Å²) in [5.41, 5.74) is 13.9. The van der Waals surface area contributed by atoms with E-state index in [1.54, 1.807) is 0 Å². The van der Waals surface area contributed by atoms with E-state index >= 15 is 0 Å². The summed E-state index contributed by atoms with van der Waals surface area (Å²) >= 11 is -4.04. The third-order valence-electron chi connectivity index (χ3n) is 9.76. The summed E-state index contributed by atoms with van der Waals surface area (Å²) in [6, 6.07) is 27.8. The summed E-state index contributed by atoms with van der Waals surface area (Å²) < 4.78 is 1.42. The molecule has 4 heteroatoms. The molecule has 1 atom stereocenters. The second-order valence-corrected chi connectivity index (χ2v) is 30.3. The molecule has 44 heavy (non-hydrogen) atoms. The van der Waals surface area contributed by atoms with Crippen LogP contribution in [0.5, 0.6) is 0 Å². The second-order valence-electron chi connectivity index (χ2n) is 14.4. The van der Waals surface area contributed by atoms with E-state index in [2.05, 4.69) is 134 Å². The van der Waals surface area contributed by atoms with E-state index in [1.165, 1.54) is 69.3 Å². The Labute approximate surface area is 279 Å². The molecule has 0 saturated heterocycles. The monoisotopic (exact) mass is 714 g/mol. The molecule has 228 valence electrons. The van der Waals surface area contributed by atoms with Crippen LogP contribution < -0.4 is 13.6 Å². The summed E-state index contributed by atoms with van der Waals surface area (Å²) in [6.45, 7) is 18.5. The van der Waals surface area contributed by atoms with Gasteiger partial charge in [-0.05, 0) is 0 Å². The van der Waals surface area contributed by atoms with E-state index in [0.717, 1.165) is 6.42 Å². The topological polar surface area (TPSA) is 0 Å². The number of hydrogen-bond acceptors (Lipinski definition) is 0. The first-order chi connectivity index (χ1) is 20.9. The molecule has 0 nitrogen and oxygen atoms in total. The zero-order valence-electron chi connectivity index (χ0n) is 27.6. The number of hydrogen-bond donors (Lipinski definition) is 0. The van der Waals surface area contributed by atoms with Gasteiger partial charge in [-0.3, -0.25) is 0 Å². The van der Waals surface area contributed by atoms with Crippen molar-refractivity contribution in [1.29, 1.82) is 0 Å². The molecule has 4 aromatic carbocycles. The van der Waals surface area contributed by atoms with Gasteiger partial charge in [-0.1, -0.05) is 0 Å². The maximum absolute atomic E-state index is 7.99. The van der Waals surface area contributed by atoms with Crippen molar-refractivity contribution in [2.75, 3.05) is 0 Å². The molecule has 0 saturated carbocycles. The van der Waals surface area contributed by atoms with Crippen molar-refractivity contribution in [3.8, 4) is 22.3 Å². The Morgan fingerprint density at radius 2 is 1.39 bits per heavy atom. The van der Waals surface area contributed by atoms with Gasteiger partial charge in [0.05, 0.1) is 0 Å². The second kappa shape index (κ2) is 12.5. The molecule has 0 N–H and O–H groups in total. The molecule has 1 aliphatic carbocycles. The quantitative estimate of drug-likeness (QED) is 0.140. The third kappa shape index (κ3) is 5.72. The number of rotatable bonds is 8. The first-order valence-corrected chi connectivity index (χ1v) is 26.9. The molecule has 0 radical (unpaired) electrons. The van der Waals surface area contributed by atoms with Crippen LogP contribution in [-0.4, -0.2) is 9.52 Å². The molecule has 4 aromatic rings. The normalized spacial score (nSPS) is 16.3. The summed E-state index contributed by atoms with van der Waals surface area (Å²) in [5.74, 6) is 1.87. The molecule has 6 rings (SSSR count). The summed E-state index contributed by atoms with van der Waals surface area (Å²) in [4.78, 5) is 0. The van der Waals surface area contributed by atoms with Gasteiger partial charge in [-0.15, -0.1) is 0 Å². The summed E-state index contributed by atoms with van der Waals surface area (Å²) in [6.07, 6.45) is 3.54. The van der Waals surface area contributed by atoms with Crippen molar-refractivity contribution >= 4 is 46.3 Å². The van der Waals surface area contributed by atoms with Crippen LogP contribution >= 0.6 is 17.0 Å². The van der Waals surface area contributed by atoms with E-state index in [0.29, 0.717) is 23.7 Å².